The zero-order valence-corrected chi connectivity index (χ0v) is 15.1. The Morgan fingerprint density at radius 2 is 1.76 bits per heavy atom. The van der Waals surface area contributed by atoms with Gasteiger partial charge in [0.1, 0.15) is 0 Å². The lowest BCUT2D eigenvalue weighted by Crippen LogP contribution is -2.04. The van der Waals surface area contributed by atoms with Crippen molar-refractivity contribution < 1.29 is 0 Å². The lowest BCUT2D eigenvalue weighted by molar-refractivity contribution is 0.980. The van der Waals surface area contributed by atoms with E-state index in [1.807, 2.05) is 6.07 Å². The van der Waals surface area contributed by atoms with Crippen molar-refractivity contribution in [2.24, 2.45) is 0 Å². The largest absolute Gasteiger partial charge is 0.338 e. The molecule has 0 radical (unpaired) electrons. The zero-order chi connectivity index (χ0) is 17.8. The smallest absolute Gasteiger partial charge is 0.249 e. The number of hydrogen-bond donors (Lipinski definition) is 2. The highest BCUT2D eigenvalue weighted by atomic mass is 15.3. The van der Waals surface area contributed by atoms with Gasteiger partial charge in [0.2, 0.25) is 5.95 Å². The first kappa shape index (κ1) is 16.9. The quantitative estimate of drug-likeness (QED) is 0.699. The SMILES string of the molecule is CCc1cccc(C)c1Nc1cnnc(Nc2ccc(C)c(C)c2)n1. The molecule has 25 heavy (non-hydrogen) atoms. The highest BCUT2D eigenvalue weighted by Crippen LogP contribution is 2.25. The molecule has 1 heterocycles. The molecule has 2 aromatic carbocycles. The summed E-state index contributed by atoms with van der Waals surface area (Å²) in [4.78, 5) is 4.54. The Bertz CT molecular complexity index is 889. The molecule has 5 heteroatoms. The van der Waals surface area contributed by atoms with Crippen molar-refractivity contribution >= 4 is 23.1 Å². The molecule has 3 aromatic rings. The molecule has 1 aromatic heterocycles. The predicted octanol–water partition coefficient (Wildman–Crippen LogP) is 4.85. The van der Waals surface area contributed by atoms with E-state index in [9.17, 15) is 0 Å². The number of para-hydroxylation sites is 1. The molecule has 0 aliphatic rings. The van der Waals surface area contributed by atoms with E-state index in [0.717, 1.165) is 17.8 Å². The molecule has 0 unspecified atom stereocenters. The van der Waals surface area contributed by atoms with Gasteiger partial charge in [-0.15, -0.1) is 5.10 Å². The van der Waals surface area contributed by atoms with Gasteiger partial charge in [0, 0.05) is 11.4 Å². The average molecular weight is 333 g/mol. The van der Waals surface area contributed by atoms with Crippen LogP contribution in [0.4, 0.5) is 23.1 Å². The lowest BCUT2D eigenvalue weighted by atomic mass is 10.1. The van der Waals surface area contributed by atoms with E-state index in [-0.39, 0.29) is 0 Å². The van der Waals surface area contributed by atoms with E-state index in [4.69, 9.17) is 0 Å². The Morgan fingerprint density at radius 1 is 0.920 bits per heavy atom. The molecular weight excluding hydrogens is 310 g/mol. The summed E-state index contributed by atoms with van der Waals surface area (Å²) in [5.41, 5.74) is 6.95. The normalized spacial score (nSPS) is 10.6. The Labute approximate surface area is 148 Å². The van der Waals surface area contributed by atoms with Gasteiger partial charge in [0.05, 0.1) is 6.20 Å². The number of hydrogen-bond acceptors (Lipinski definition) is 5. The van der Waals surface area contributed by atoms with Crippen LogP contribution in [0, 0.1) is 20.8 Å². The number of rotatable bonds is 5. The Morgan fingerprint density at radius 3 is 2.52 bits per heavy atom. The second-order valence-corrected chi connectivity index (χ2v) is 6.18. The Balaban J connectivity index is 1.83. The summed E-state index contributed by atoms with van der Waals surface area (Å²) in [6.45, 7) is 8.41. The number of aromatic nitrogens is 3. The summed E-state index contributed by atoms with van der Waals surface area (Å²) in [6, 6.07) is 12.5. The van der Waals surface area contributed by atoms with Crippen LogP contribution >= 0.6 is 0 Å². The topological polar surface area (TPSA) is 62.7 Å². The van der Waals surface area contributed by atoms with Crippen molar-refractivity contribution in [1.29, 1.82) is 0 Å². The summed E-state index contributed by atoms with van der Waals surface area (Å²) in [6.07, 6.45) is 2.59. The van der Waals surface area contributed by atoms with Crippen LogP contribution in [0.25, 0.3) is 0 Å². The fourth-order valence-corrected chi connectivity index (χ4v) is 2.70. The van der Waals surface area contributed by atoms with Crippen LogP contribution in [0.2, 0.25) is 0 Å². The highest BCUT2D eigenvalue weighted by molar-refractivity contribution is 5.65. The zero-order valence-electron chi connectivity index (χ0n) is 15.1. The van der Waals surface area contributed by atoms with E-state index in [1.165, 1.54) is 22.3 Å². The molecule has 0 amide bonds. The fourth-order valence-electron chi connectivity index (χ4n) is 2.70. The van der Waals surface area contributed by atoms with Crippen LogP contribution in [0.3, 0.4) is 0 Å². The van der Waals surface area contributed by atoms with Crippen molar-refractivity contribution in [2.75, 3.05) is 10.6 Å². The highest BCUT2D eigenvalue weighted by Gasteiger charge is 2.07. The standard InChI is InChI=1S/C20H23N5/c1-5-16-8-6-7-14(3)19(16)23-18-12-21-25-20(24-18)22-17-10-9-13(2)15(4)11-17/h6-12H,5H2,1-4H3,(H2,22,23,24,25). The third-order valence-corrected chi connectivity index (χ3v) is 4.31. The molecule has 128 valence electrons. The number of benzene rings is 2. The van der Waals surface area contributed by atoms with Crippen LogP contribution in [0.1, 0.15) is 29.2 Å². The first-order chi connectivity index (χ1) is 12.1. The monoisotopic (exact) mass is 333 g/mol. The molecule has 0 atom stereocenters. The first-order valence-electron chi connectivity index (χ1n) is 8.46. The van der Waals surface area contributed by atoms with Crippen LogP contribution in [0.5, 0.6) is 0 Å². The second kappa shape index (κ2) is 7.30. The summed E-state index contributed by atoms with van der Waals surface area (Å²) >= 11 is 0. The van der Waals surface area contributed by atoms with Gasteiger partial charge in [-0.3, -0.25) is 0 Å². The van der Waals surface area contributed by atoms with Gasteiger partial charge in [-0.25, -0.2) is 0 Å². The van der Waals surface area contributed by atoms with Crippen molar-refractivity contribution in [2.45, 2.75) is 34.1 Å². The number of nitrogens with one attached hydrogen (secondary N) is 2. The molecule has 2 N–H and O–H groups in total. The van der Waals surface area contributed by atoms with Gasteiger partial charge in [0.25, 0.3) is 0 Å². The van der Waals surface area contributed by atoms with Gasteiger partial charge >= 0.3 is 0 Å². The van der Waals surface area contributed by atoms with Gasteiger partial charge in [-0.2, -0.15) is 10.1 Å². The van der Waals surface area contributed by atoms with Gasteiger partial charge in [0.15, 0.2) is 5.82 Å². The second-order valence-electron chi connectivity index (χ2n) is 6.18. The molecule has 0 aliphatic heterocycles. The summed E-state index contributed by atoms with van der Waals surface area (Å²) in [5.74, 6) is 1.14. The maximum absolute atomic E-state index is 4.54. The molecule has 0 saturated heterocycles. The van der Waals surface area contributed by atoms with E-state index in [2.05, 4.69) is 83.8 Å². The summed E-state index contributed by atoms with van der Waals surface area (Å²) in [7, 11) is 0. The predicted molar refractivity (Wildman–Crippen MR) is 103 cm³/mol. The lowest BCUT2D eigenvalue weighted by Gasteiger charge is -2.13. The molecule has 5 nitrogen and oxygen atoms in total. The molecule has 3 rings (SSSR count). The minimum atomic E-state index is 0.472. The fraction of sp³-hybridized carbons (Fsp3) is 0.250. The van der Waals surface area contributed by atoms with Crippen molar-refractivity contribution in [1.82, 2.24) is 15.2 Å². The minimum Gasteiger partial charge on any atom is -0.338 e. The third-order valence-electron chi connectivity index (χ3n) is 4.31. The van der Waals surface area contributed by atoms with Crippen LogP contribution in [-0.4, -0.2) is 15.2 Å². The Hall–Kier alpha value is -2.95. The molecular formula is C20H23N5. The average Bonchev–Trinajstić information content (AvgIpc) is 2.60. The summed E-state index contributed by atoms with van der Waals surface area (Å²) in [5, 5.41) is 14.7. The number of anilines is 4. The van der Waals surface area contributed by atoms with E-state index in [0.29, 0.717) is 11.8 Å². The maximum Gasteiger partial charge on any atom is 0.249 e. The van der Waals surface area contributed by atoms with Crippen LogP contribution in [0.15, 0.2) is 42.6 Å². The molecule has 0 fully saturated rings. The van der Waals surface area contributed by atoms with Crippen molar-refractivity contribution in [3.8, 4) is 0 Å². The van der Waals surface area contributed by atoms with Gasteiger partial charge in [-0.05, 0) is 61.6 Å². The van der Waals surface area contributed by atoms with Crippen LogP contribution < -0.4 is 10.6 Å². The molecule has 0 bridgehead atoms. The third kappa shape index (κ3) is 3.94. The van der Waals surface area contributed by atoms with E-state index >= 15 is 0 Å². The molecule has 0 aliphatic carbocycles. The van der Waals surface area contributed by atoms with Crippen molar-refractivity contribution in [3.05, 3.63) is 64.8 Å². The minimum absolute atomic E-state index is 0.472. The first-order valence-corrected chi connectivity index (χ1v) is 8.46. The van der Waals surface area contributed by atoms with Crippen molar-refractivity contribution in [3.63, 3.8) is 0 Å². The van der Waals surface area contributed by atoms with Gasteiger partial charge in [-0.1, -0.05) is 31.2 Å². The van der Waals surface area contributed by atoms with Crippen LogP contribution in [-0.2, 0) is 6.42 Å². The van der Waals surface area contributed by atoms with Gasteiger partial charge < -0.3 is 10.6 Å². The molecule has 0 saturated carbocycles. The maximum atomic E-state index is 4.54. The number of aryl methyl sites for hydroxylation is 4. The van der Waals surface area contributed by atoms with E-state index in [1.54, 1.807) is 6.20 Å². The summed E-state index contributed by atoms with van der Waals surface area (Å²) < 4.78 is 0. The number of nitrogens with zero attached hydrogens (tertiary/aromatic N) is 3. The molecule has 0 spiro atoms. The van der Waals surface area contributed by atoms with E-state index < -0.39 is 0 Å². The Kier molecular flexibility index (Phi) is 4.93.